The number of aryl methyl sites for hydroxylation is 1. The highest BCUT2D eigenvalue weighted by atomic mass is 19.1. The Morgan fingerprint density at radius 2 is 1.65 bits per heavy atom. The van der Waals surface area contributed by atoms with Crippen molar-refractivity contribution >= 4 is 17.5 Å². The molecule has 0 bridgehead atoms. The first-order valence-corrected chi connectivity index (χ1v) is 12.1. The van der Waals surface area contributed by atoms with E-state index >= 15 is 0 Å². The number of likely N-dealkylation sites (tertiary alicyclic amines) is 1. The van der Waals surface area contributed by atoms with Crippen molar-refractivity contribution in [3.8, 4) is 5.75 Å². The highest BCUT2D eigenvalue weighted by Crippen LogP contribution is 2.27. The van der Waals surface area contributed by atoms with E-state index < -0.39 is 23.4 Å². The average molecular weight is 502 g/mol. The molecule has 190 valence electrons. The monoisotopic (exact) mass is 501 g/mol. The first-order valence-electron chi connectivity index (χ1n) is 12.1. The maximum atomic E-state index is 14.5. The Labute approximate surface area is 215 Å². The Morgan fingerprint density at radius 1 is 0.946 bits per heavy atom. The average Bonchev–Trinajstić information content (AvgIpc) is 2.89. The summed E-state index contributed by atoms with van der Waals surface area (Å²) >= 11 is 0. The zero-order valence-electron chi connectivity index (χ0n) is 20.7. The predicted octanol–water partition coefficient (Wildman–Crippen LogP) is 5.55. The van der Waals surface area contributed by atoms with Crippen LogP contribution >= 0.6 is 0 Å². The second-order valence-corrected chi connectivity index (χ2v) is 9.29. The number of nitrogens with zero attached hydrogens (tertiary/aromatic N) is 1. The third kappa shape index (κ3) is 6.19. The molecular formula is C30H28FNO5. The van der Waals surface area contributed by atoms with Crippen molar-refractivity contribution in [3.05, 3.63) is 112 Å². The second-order valence-electron chi connectivity index (χ2n) is 9.29. The Balaban J connectivity index is 1.69. The summed E-state index contributed by atoms with van der Waals surface area (Å²) in [7, 11) is 1.99. The van der Waals surface area contributed by atoms with E-state index in [9.17, 15) is 23.9 Å². The largest absolute Gasteiger partial charge is 0.512 e. The molecule has 1 fully saturated rings. The van der Waals surface area contributed by atoms with Gasteiger partial charge in [-0.25, -0.2) is 9.18 Å². The lowest BCUT2D eigenvalue weighted by molar-refractivity contribution is 0.0733. The maximum Gasteiger partial charge on any atom is 0.343 e. The zero-order chi connectivity index (χ0) is 26.5. The number of carbonyl (C=O) groups excluding carboxylic acids is 3. The standard InChI is InChI=1S/C30H28FNO5/c1-19-8-10-23(25(31)16-19)29(35)22-9-11-28(37-30(36)21-6-4-3-5-7-21)24(17-22)27(34)18-26(33)20-12-14-32(2)15-13-20/h3-11,16-18,20,33H,12-15H2,1-2H3/b26-18-. The van der Waals surface area contributed by atoms with Gasteiger partial charge in [0, 0.05) is 17.6 Å². The van der Waals surface area contributed by atoms with Crippen molar-refractivity contribution in [2.75, 3.05) is 20.1 Å². The molecule has 1 aliphatic heterocycles. The van der Waals surface area contributed by atoms with Gasteiger partial charge >= 0.3 is 5.97 Å². The van der Waals surface area contributed by atoms with Gasteiger partial charge in [0.05, 0.1) is 22.4 Å². The third-order valence-corrected chi connectivity index (χ3v) is 6.50. The molecule has 7 heteroatoms. The van der Waals surface area contributed by atoms with Gasteiger partial charge < -0.3 is 14.7 Å². The van der Waals surface area contributed by atoms with Gasteiger partial charge in [0.25, 0.3) is 0 Å². The number of ether oxygens (including phenoxy) is 1. The number of rotatable bonds is 7. The van der Waals surface area contributed by atoms with Crippen LogP contribution in [0.1, 0.15) is 55.0 Å². The van der Waals surface area contributed by atoms with Gasteiger partial charge in [-0.3, -0.25) is 9.59 Å². The second kappa shape index (κ2) is 11.3. The number of esters is 1. The quantitative estimate of drug-likeness (QED) is 0.150. The number of carbonyl (C=O) groups is 3. The molecule has 0 spiro atoms. The topological polar surface area (TPSA) is 83.9 Å². The van der Waals surface area contributed by atoms with Gasteiger partial charge in [-0.1, -0.05) is 24.3 Å². The van der Waals surface area contributed by atoms with Crippen LogP contribution in [0.5, 0.6) is 5.75 Å². The SMILES string of the molecule is Cc1ccc(C(=O)c2ccc(OC(=O)c3ccccc3)c(C(=O)/C=C(\O)C3CCN(C)CC3)c2)c(F)c1. The number of halogens is 1. The number of hydrogen-bond acceptors (Lipinski definition) is 6. The van der Waals surface area contributed by atoms with Gasteiger partial charge in [-0.05, 0) is 87.9 Å². The van der Waals surface area contributed by atoms with E-state index in [2.05, 4.69) is 4.90 Å². The highest BCUT2D eigenvalue weighted by Gasteiger charge is 2.24. The first-order chi connectivity index (χ1) is 17.7. The molecule has 1 aliphatic rings. The summed E-state index contributed by atoms with van der Waals surface area (Å²) in [5.41, 5.74) is 0.790. The van der Waals surface area contributed by atoms with E-state index in [1.165, 1.54) is 30.3 Å². The minimum absolute atomic E-state index is 0.0535. The Bertz CT molecular complexity index is 1360. The molecule has 1 heterocycles. The fourth-order valence-corrected chi connectivity index (χ4v) is 4.28. The Morgan fingerprint density at radius 3 is 2.32 bits per heavy atom. The van der Waals surface area contributed by atoms with E-state index in [1.54, 1.807) is 43.3 Å². The van der Waals surface area contributed by atoms with Crippen LogP contribution in [0.4, 0.5) is 4.39 Å². The highest BCUT2D eigenvalue weighted by molar-refractivity contribution is 6.13. The first kappa shape index (κ1) is 26.0. The normalized spacial score (nSPS) is 14.8. The molecule has 3 aromatic rings. The lowest BCUT2D eigenvalue weighted by Gasteiger charge is -2.28. The molecular weight excluding hydrogens is 473 g/mol. The van der Waals surface area contributed by atoms with Gasteiger partial charge in [0.15, 0.2) is 11.6 Å². The number of allylic oxidation sites excluding steroid dienone is 2. The molecule has 0 atom stereocenters. The maximum absolute atomic E-state index is 14.5. The van der Waals surface area contributed by atoms with Crippen molar-refractivity contribution in [2.45, 2.75) is 19.8 Å². The van der Waals surface area contributed by atoms with Crippen LogP contribution in [0.15, 0.2) is 78.6 Å². The number of aliphatic hydroxyl groups is 1. The minimum Gasteiger partial charge on any atom is -0.512 e. The number of ketones is 2. The fraction of sp³-hybridized carbons (Fsp3) is 0.233. The van der Waals surface area contributed by atoms with Gasteiger partial charge in [-0.15, -0.1) is 0 Å². The van der Waals surface area contributed by atoms with Crippen LogP contribution < -0.4 is 4.74 Å². The number of hydrogen-bond donors (Lipinski definition) is 1. The van der Waals surface area contributed by atoms with Gasteiger partial charge in [0.2, 0.25) is 0 Å². The molecule has 0 radical (unpaired) electrons. The van der Waals surface area contributed by atoms with E-state index in [1.807, 2.05) is 7.05 Å². The van der Waals surface area contributed by atoms with E-state index in [0.717, 1.165) is 19.2 Å². The van der Waals surface area contributed by atoms with Crippen LogP contribution in [0, 0.1) is 18.7 Å². The van der Waals surface area contributed by atoms with Crippen LogP contribution in [-0.2, 0) is 0 Å². The van der Waals surface area contributed by atoms with Gasteiger partial charge in [0.1, 0.15) is 11.6 Å². The molecule has 0 aliphatic carbocycles. The third-order valence-electron chi connectivity index (χ3n) is 6.50. The zero-order valence-corrected chi connectivity index (χ0v) is 20.7. The van der Waals surface area contributed by atoms with E-state index in [4.69, 9.17) is 4.74 Å². The Hall–Kier alpha value is -4.10. The lowest BCUT2D eigenvalue weighted by Crippen LogP contribution is -2.31. The summed E-state index contributed by atoms with van der Waals surface area (Å²) in [5, 5.41) is 10.7. The molecule has 3 aromatic carbocycles. The predicted molar refractivity (Wildman–Crippen MR) is 138 cm³/mol. The van der Waals surface area contributed by atoms with Crippen LogP contribution in [0.3, 0.4) is 0 Å². The minimum atomic E-state index is -0.679. The Kier molecular flexibility index (Phi) is 7.94. The van der Waals surface area contributed by atoms with Crippen LogP contribution in [-0.4, -0.2) is 47.7 Å². The molecule has 37 heavy (non-hydrogen) atoms. The van der Waals surface area contributed by atoms with Crippen molar-refractivity contribution in [2.24, 2.45) is 5.92 Å². The molecule has 0 saturated carbocycles. The summed E-state index contributed by atoms with van der Waals surface area (Å²) in [5.74, 6) is -2.87. The summed E-state index contributed by atoms with van der Waals surface area (Å²) < 4.78 is 20.0. The summed E-state index contributed by atoms with van der Waals surface area (Å²) in [6.45, 7) is 3.30. The summed E-state index contributed by atoms with van der Waals surface area (Å²) in [4.78, 5) is 41.2. The lowest BCUT2D eigenvalue weighted by atomic mass is 9.93. The molecule has 0 aromatic heterocycles. The van der Waals surface area contributed by atoms with Crippen molar-refractivity contribution in [1.29, 1.82) is 0 Å². The smallest absolute Gasteiger partial charge is 0.343 e. The van der Waals surface area contributed by atoms with Crippen molar-refractivity contribution in [3.63, 3.8) is 0 Å². The van der Waals surface area contributed by atoms with Crippen LogP contribution in [0.2, 0.25) is 0 Å². The number of piperidine rings is 1. The molecule has 6 nitrogen and oxygen atoms in total. The molecule has 0 amide bonds. The summed E-state index contributed by atoms with van der Waals surface area (Å²) in [6, 6.07) is 16.6. The molecule has 1 saturated heterocycles. The van der Waals surface area contributed by atoms with Crippen LogP contribution in [0.25, 0.3) is 0 Å². The molecule has 0 unspecified atom stereocenters. The van der Waals surface area contributed by atoms with Crippen molar-refractivity contribution in [1.82, 2.24) is 4.90 Å². The number of benzene rings is 3. The number of aliphatic hydroxyl groups excluding tert-OH is 1. The van der Waals surface area contributed by atoms with Crippen molar-refractivity contribution < 1.29 is 28.6 Å². The van der Waals surface area contributed by atoms with E-state index in [-0.39, 0.29) is 39.7 Å². The molecule has 1 N–H and O–H groups in total. The van der Waals surface area contributed by atoms with E-state index in [0.29, 0.717) is 18.4 Å². The molecule has 4 rings (SSSR count). The summed E-state index contributed by atoms with van der Waals surface area (Å²) in [6.07, 6.45) is 2.52. The van der Waals surface area contributed by atoms with Gasteiger partial charge in [-0.2, -0.15) is 0 Å². The fourth-order valence-electron chi connectivity index (χ4n) is 4.28.